The molecule has 3 aromatic heterocycles. The molecule has 5 aromatic rings. The van der Waals surface area contributed by atoms with Crippen LogP contribution >= 0.6 is 11.6 Å². The Morgan fingerprint density at radius 1 is 0.968 bits per heavy atom. The fourth-order valence-corrected chi connectivity index (χ4v) is 13.2. The number of hydrogen-bond donors (Lipinski definition) is 2. The second-order valence-corrected chi connectivity index (χ2v) is 21.1. The zero-order valence-electron chi connectivity index (χ0n) is 35.6. The first-order valence-electron chi connectivity index (χ1n) is 22.2. The van der Waals surface area contributed by atoms with E-state index in [4.69, 9.17) is 16.6 Å². The Morgan fingerprint density at radius 3 is 2.43 bits per heavy atom. The number of piperidine rings is 2. The van der Waals surface area contributed by atoms with Crippen LogP contribution in [0.25, 0.3) is 21.9 Å². The normalized spacial score (nSPS) is 20.6. The van der Waals surface area contributed by atoms with Crippen molar-refractivity contribution in [1.82, 2.24) is 34.5 Å². The third kappa shape index (κ3) is 7.62. The van der Waals surface area contributed by atoms with Crippen molar-refractivity contribution in [3.63, 3.8) is 0 Å². The number of fused-ring (bicyclic) bond motifs is 2. The van der Waals surface area contributed by atoms with E-state index in [2.05, 4.69) is 30.5 Å². The van der Waals surface area contributed by atoms with Crippen LogP contribution in [-0.2, 0) is 21.7 Å². The molecule has 0 bridgehead atoms. The lowest BCUT2D eigenvalue weighted by atomic mass is 9.63. The molecule has 5 fully saturated rings. The van der Waals surface area contributed by atoms with Crippen molar-refractivity contribution in [1.29, 1.82) is 0 Å². The molecule has 2 aliphatic carbocycles. The number of carbonyl (C=O) groups excluding carboxylic acids is 2. The highest BCUT2D eigenvalue weighted by molar-refractivity contribution is 7.92. The van der Waals surface area contributed by atoms with Crippen molar-refractivity contribution in [2.24, 2.45) is 18.4 Å². The lowest BCUT2D eigenvalue weighted by Gasteiger charge is -2.52. The van der Waals surface area contributed by atoms with E-state index in [1.54, 1.807) is 48.1 Å². The number of urea groups is 1. The number of benzene rings is 2. The fraction of sp³-hybridized carbons (Fsp3) is 0.511. The van der Waals surface area contributed by atoms with E-state index in [-0.39, 0.29) is 46.7 Å². The summed E-state index contributed by atoms with van der Waals surface area (Å²) in [6.45, 7) is 6.42. The average molecular weight is 899 g/mol. The lowest BCUT2D eigenvalue weighted by molar-refractivity contribution is -0.120. The molecule has 3 amide bonds. The van der Waals surface area contributed by atoms with Crippen molar-refractivity contribution in [2.75, 3.05) is 54.4 Å². The number of nitrogens with one attached hydrogen (secondary N) is 2. The number of likely N-dealkylation sites (tertiary alicyclic amines) is 1. The Labute approximate surface area is 369 Å². The largest absolute Gasteiger partial charge is 0.369 e. The Morgan fingerprint density at radius 2 is 1.71 bits per heavy atom. The first-order chi connectivity index (χ1) is 30.3. The molecule has 0 radical (unpaired) electrons. The van der Waals surface area contributed by atoms with Gasteiger partial charge in [0.1, 0.15) is 16.2 Å². The van der Waals surface area contributed by atoms with Crippen LogP contribution in [0.5, 0.6) is 0 Å². The molecule has 3 saturated heterocycles. The number of rotatable bonds is 9. The molecule has 15 nitrogen and oxygen atoms in total. The second kappa shape index (κ2) is 16.1. The Balaban J connectivity index is 0.720. The number of aromatic nitrogens is 5. The second-order valence-electron chi connectivity index (χ2n) is 18.5. The highest BCUT2D eigenvalue weighted by atomic mass is 35.5. The van der Waals surface area contributed by atoms with Crippen molar-refractivity contribution >= 4 is 78.5 Å². The summed E-state index contributed by atoms with van der Waals surface area (Å²) in [6.07, 6.45) is 10.9. The quantitative estimate of drug-likeness (QED) is 0.156. The van der Waals surface area contributed by atoms with Crippen LogP contribution in [-0.4, -0.2) is 94.1 Å². The number of pyridine rings is 1. The number of nitrogens with zero attached hydrogens (tertiary/aromatic N) is 8. The molecule has 0 unspecified atom stereocenters. The Kier molecular flexibility index (Phi) is 10.7. The van der Waals surface area contributed by atoms with Crippen molar-refractivity contribution < 1.29 is 22.4 Å². The Bertz CT molecular complexity index is 2820. The number of imide groups is 1. The zero-order chi connectivity index (χ0) is 43.8. The van der Waals surface area contributed by atoms with Gasteiger partial charge in [0.05, 0.1) is 15.8 Å². The van der Waals surface area contributed by atoms with Crippen molar-refractivity contribution in [2.45, 2.75) is 93.7 Å². The SMILES string of the molecule is Cc1cc(S(=O)(=O)C2CC3(CCN(CC4CCN(c5ccc6c(N7CCC(=O)NC7=O)nn(C)c6c5F)CC4)CC3)C2)ccc1Nc1ncc2cc(Cl)c(=O)n(C3CCCC3)c2n1. The predicted octanol–water partition coefficient (Wildman–Crippen LogP) is 7.02. The molecule has 2 saturated carbocycles. The van der Waals surface area contributed by atoms with E-state index in [0.29, 0.717) is 68.7 Å². The number of halogens is 2. The minimum absolute atomic E-state index is 0.0450. The van der Waals surface area contributed by atoms with E-state index in [1.165, 1.54) is 9.58 Å². The molecule has 18 heteroatoms. The summed E-state index contributed by atoms with van der Waals surface area (Å²) in [4.78, 5) is 52.8. The fourth-order valence-electron chi connectivity index (χ4n) is 10.9. The molecule has 332 valence electrons. The summed E-state index contributed by atoms with van der Waals surface area (Å²) in [6, 6.07) is 9.87. The van der Waals surface area contributed by atoms with Crippen LogP contribution in [0.4, 0.5) is 32.3 Å². The van der Waals surface area contributed by atoms with Gasteiger partial charge in [0.15, 0.2) is 21.5 Å². The third-order valence-electron chi connectivity index (χ3n) is 14.6. The van der Waals surface area contributed by atoms with Gasteiger partial charge in [-0.25, -0.2) is 22.6 Å². The van der Waals surface area contributed by atoms with Gasteiger partial charge in [0.25, 0.3) is 5.56 Å². The predicted molar refractivity (Wildman–Crippen MR) is 240 cm³/mol. The maximum atomic E-state index is 16.1. The zero-order valence-corrected chi connectivity index (χ0v) is 37.1. The summed E-state index contributed by atoms with van der Waals surface area (Å²) in [5, 5.41) is 11.0. The highest BCUT2D eigenvalue weighted by Gasteiger charge is 2.51. The van der Waals surface area contributed by atoms with Gasteiger partial charge in [-0.3, -0.25) is 29.1 Å². The summed E-state index contributed by atoms with van der Waals surface area (Å²) in [7, 11) is -1.85. The lowest BCUT2D eigenvalue weighted by Crippen LogP contribution is -2.52. The van der Waals surface area contributed by atoms with E-state index in [9.17, 15) is 22.8 Å². The molecule has 0 atom stereocenters. The molecule has 63 heavy (non-hydrogen) atoms. The van der Waals surface area contributed by atoms with Crippen LogP contribution in [0.15, 0.2) is 52.3 Å². The van der Waals surface area contributed by atoms with Crippen LogP contribution in [0, 0.1) is 24.1 Å². The van der Waals surface area contributed by atoms with Gasteiger partial charge in [-0.15, -0.1) is 0 Å². The van der Waals surface area contributed by atoms with Gasteiger partial charge in [-0.2, -0.15) is 10.1 Å². The van der Waals surface area contributed by atoms with Crippen LogP contribution in [0.3, 0.4) is 0 Å². The van der Waals surface area contributed by atoms with Gasteiger partial charge in [-0.05, 0) is 125 Å². The monoisotopic (exact) mass is 898 g/mol. The average Bonchev–Trinajstić information content (AvgIpc) is 3.90. The van der Waals surface area contributed by atoms with Crippen LogP contribution in [0.1, 0.15) is 82.2 Å². The van der Waals surface area contributed by atoms with E-state index < -0.39 is 21.1 Å². The van der Waals surface area contributed by atoms with Gasteiger partial charge in [-0.1, -0.05) is 24.4 Å². The molecular weight excluding hydrogens is 847 g/mol. The third-order valence-corrected chi connectivity index (χ3v) is 16.9. The maximum absolute atomic E-state index is 16.1. The number of anilines is 4. The first-order valence-corrected chi connectivity index (χ1v) is 24.1. The van der Waals surface area contributed by atoms with Crippen LogP contribution < -0.4 is 26.0 Å². The molecular formula is C45H52ClFN10O5S. The maximum Gasteiger partial charge on any atom is 0.329 e. The van der Waals surface area contributed by atoms with Crippen LogP contribution in [0.2, 0.25) is 5.02 Å². The number of amides is 3. The topological polar surface area (TPSA) is 168 Å². The molecule has 2 aromatic carbocycles. The molecule has 2 N–H and O–H groups in total. The summed E-state index contributed by atoms with van der Waals surface area (Å²) < 4.78 is 47.1. The standard InChI is InChI=1S/C45H52ClFN10O5S/c1-27-21-31(7-9-35(27)49-43-48-25-29-22-34(46)42(59)57(40(29)51-43)30-5-3-4-6-30)63(61,62)32-23-45(24-32)14-19-54(20-15-45)26-28-11-16-55(17-12-28)36-10-8-33-39(38(36)47)53(2)52-41(33)56-18-13-37(58)50-44(56)60/h7-10,21-22,25,28,30,32H,3-6,11-20,23-24,26H2,1-2H3,(H,48,49,51)(H,50,58,60). The van der Waals surface area contributed by atoms with Gasteiger partial charge in [0, 0.05) is 68.3 Å². The van der Waals surface area contributed by atoms with E-state index in [0.717, 1.165) is 89.7 Å². The van der Waals surface area contributed by atoms with Gasteiger partial charge in [0.2, 0.25) is 11.9 Å². The number of sulfone groups is 1. The highest BCUT2D eigenvalue weighted by Crippen LogP contribution is 2.53. The summed E-state index contributed by atoms with van der Waals surface area (Å²) >= 11 is 6.31. The van der Waals surface area contributed by atoms with Crippen molar-refractivity contribution in [3.8, 4) is 0 Å². The first kappa shape index (κ1) is 41.9. The van der Waals surface area contributed by atoms with Gasteiger partial charge >= 0.3 is 6.03 Å². The minimum Gasteiger partial charge on any atom is -0.369 e. The number of aryl methyl sites for hydroxylation is 2. The summed E-state index contributed by atoms with van der Waals surface area (Å²) in [5.41, 5.74) is 2.66. The number of hydrogen-bond acceptors (Lipinski definition) is 11. The molecule has 6 heterocycles. The minimum atomic E-state index is -3.52. The summed E-state index contributed by atoms with van der Waals surface area (Å²) in [5.74, 6) is 0.461. The molecule has 1 spiro atoms. The number of carbonyl (C=O) groups is 2. The van der Waals surface area contributed by atoms with Crippen molar-refractivity contribution in [3.05, 3.63) is 69.4 Å². The molecule has 10 rings (SSSR count). The van der Waals surface area contributed by atoms with E-state index >= 15 is 4.39 Å². The molecule has 3 aliphatic heterocycles. The van der Waals surface area contributed by atoms with Gasteiger partial charge < -0.3 is 15.1 Å². The van der Waals surface area contributed by atoms with E-state index in [1.807, 2.05) is 13.0 Å². The molecule has 5 aliphatic rings. The smallest absolute Gasteiger partial charge is 0.329 e. The Hall–Kier alpha value is -5.13.